The van der Waals surface area contributed by atoms with Crippen LogP contribution in [0.5, 0.6) is 5.75 Å². The number of benzene rings is 2. The summed E-state index contributed by atoms with van der Waals surface area (Å²) in [7, 11) is 3.67. The van der Waals surface area contributed by atoms with Crippen LogP contribution < -0.4 is 9.64 Å². The molecular weight excluding hydrogens is 280 g/mol. The Kier molecular flexibility index (Phi) is 5.13. The third kappa shape index (κ3) is 3.50. The molecule has 0 N–H and O–H groups in total. The van der Waals surface area contributed by atoms with Crippen LogP contribution >= 0.6 is 11.8 Å². The predicted molar refractivity (Wildman–Crippen MR) is 88.0 cm³/mol. The van der Waals surface area contributed by atoms with Gasteiger partial charge in [-0.1, -0.05) is 18.2 Å². The van der Waals surface area contributed by atoms with Crippen molar-refractivity contribution in [2.24, 2.45) is 0 Å². The lowest BCUT2D eigenvalue weighted by atomic mass is 10.1. The van der Waals surface area contributed by atoms with E-state index in [0.29, 0.717) is 0 Å². The maximum atomic E-state index is 9.41. The van der Waals surface area contributed by atoms with Crippen LogP contribution in [0.2, 0.25) is 0 Å². The van der Waals surface area contributed by atoms with Gasteiger partial charge in [0.1, 0.15) is 11.8 Å². The third-order valence-corrected chi connectivity index (χ3v) is 4.11. The Morgan fingerprint density at radius 2 is 1.90 bits per heavy atom. The van der Waals surface area contributed by atoms with Crippen molar-refractivity contribution in [1.82, 2.24) is 0 Å². The van der Waals surface area contributed by atoms with Crippen molar-refractivity contribution >= 4 is 17.4 Å². The lowest BCUT2D eigenvalue weighted by Gasteiger charge is -2.21. The summed E-state index contributed by atoms with van der Waals surface area (Å²) in [6.07, 6.45) is 1.99. The Hall–Kier alpha value is -2.12. The first-order valence-corrected chi connectivity index (χ1v) is 7.83. The molecule has 0 amide bonds. The Labute approximate surface area is 130 Å². The summed E-state index contributed by atoms with van der Waals surface area (Å²) < 4.78 is 5.17. The SMILES string of the molecule is COc1ccc(CN(C)c2cccc(SC)c2C#N)cc1. The van der Waals surface area contributed by atoms with Crippen LogP contribution in [0, 0.1) is 11.3 Å². The molecule has 3 nitrogen and oxygen atoms in total. The second-order valence-electron chi connectivity index (χ2n) is 4.67. The molecule has 0 radical (unpaired) electrons. The van der Waals surface area contributed by atoms with E-state index in [1.165, 1.54) is 5.56 Å². The number of rotatable bonds is 5. The van der Waals surface area contributed by atoms with Gasteiger partial charge in [0.05, 0.1) is 18.4 Å². The number of hydrogen-bond donors (Lipinski definition) is 0. The average molecular weight is 298 g/mol. The summed E-state index contributed by atoms with van der Waals surface area (Å²) in [5.41, 5.74) is 2.87. The lowest BCUT2D eigenvalue weighted by Crippen LogP contribution is -2.17. The van der Waals surface area contributed by atoms with Gasteiger partial charge in [-0.25, -0.2) is 0 Å². The number of thioether (sulfide) groups is 1. The monoisotopic (exact) mass is 298 g/mol. The molecule has 0 atom stereocenters. The topological polar surface area (TPSA) is 36.3 Å². The van der Waals surface area contributed by atoms with Gasteiger partial charge >= 0.3 is 0 Å². The van der Waals surface area contributed by atoms with Crippen molar-refractivity contribution in [3.05, 3.63) is 53.6 Å². The van der Waals surface area contributed by atoms with Crippen LogP contribution in [0.4, 0.5) is 5.69 Å². The van der Waals surface area contributed by atoms with Crippen LogP contribution in [0.3, 0.4) is 0 Å². The fourth-order valence-electron chi connectivity index (χ4n) is 2.21. The van der Waals surface area contributed by atoms with E-state index < -0.39 is 0 Å². The number of ether oxygens (including phenoxy) is 1. The minimum Gasteiger partial charge on any atom is -0.497 e. The van der Waals surface area contributed by atoms with Crippen molar-refractivity contribution in [3.63, 3.8) is 0 Å². The van der Waals surface area contributed by atoms with Gasteiger partial charge in [0.25, 0.3) is 0 Å². The molecule has 2 rings (SSSR count). The van der Waals surface area contributed by atoms with Crippen molar-refractivity contribution in [1.29, 1.82) is 5.26 Å². The minimum absolute atomic E-state index is 0.737. The smallest absolute Gasteiger partial charge is 0.118 e. The molecule has 21 heavy (non-hydrogen) atoms. The van der Waals surface area contributed by atoms with Gasteiger partial charge in [-0.05, 0) is 36.1 Å². The highest BCUT2D eigenvalue weighted by atomic mass is 32.2. The van der Waals surface area contributed by atoms with E-state index in [0.717, 1.165) is 28.4 Å². The molecule has 0 bridgehead atoms. The second-order valence-corrected chi connectivity index (χ2v) is 5.52. The van der Waals surface area contributed by atoms with Crippen LogP contribution in [-0.2, 0) is 6.54 Å². The molecule has 0 saturated carbocycles. The number of nitriles is 1. The summed E-state index contributed by atoms with van der Waals surface area (Å²) in [5.74, 6) is 0.850. The van der Waals surface area contributed by atoms with Crippen LogP contribution in [-0.4, -0.2) is 20.4 Å². The fourth-order valence-corrected chi connectivity index (χ4v) is 2.78. The molecule has 0 saturated heterocycles. The van der Waals surface area contributed by atoms with E-state index in [1.807, 2.05) is 55.8 Å². The molecule has 0 aliphatic carbocycles. The number of methoxy groups -OCH3 is 1. The lowest BCUT2D eigenvalue weighted by molar-refractivity contribution is 0.414. The summed E-state index contributed by atoms with van der Waals surface area (Å²) in [6.45, 7) is 0.747. The first kappa shape index (κ1) is 15.3. The number of nitrogens with zero attached hydrogens (tertiary/aromatic N) is 2. The van der Waals surface area contributed by atoms with E-state index in [4.69, 9.17) is 4.74 Å². The van der Waals surface area contributed by atoms with E-state index in [1.54, 1.807) is 18.9 Å². The van der Waals surface area contributed by atoms with Gasteiger partial charge in [0.15, 0.2) is 0 Å². The van der Waals surface area contributed by atoms with E-state index in [2.05, 4.69) is 11.0 Å². The molecule has 0 aliphatic heterocycles. The van der Waals surface area contributed by atoms with Crippen molar-refractivity contribution in [3.8, 4) is 11.8 Å². The Morgan fingerprint density at radius 1 is 1.19 bits per heavy atom. The van der Waals surface area contributed by atoms with E-state index >= 15 is 0 Å². The summed E-state index contributed by atoms with van der Waals surface area (Å²) in [5, 5.41) is 9.41. The second kappa shape index (κ2) is 7.05. The first-order chi connectivity index (χ1) is 10.2. The summed E-state index contributed by atoms with van der Waals surface area (Å²) in [6, 6.07) is 16.3. The Morgan fingerprint density at radius 3 is 2.48 bits per heavy atom. The summed E-state index contributed by atoms with van der Waals surface area (Å²) in [4.78, 5) is 3.11. The zero-order valence-electron chi connectivity index (χ0n) is 12.5. The fraction of sp³-hybridized carbons (Fsp3) is 0.235. The average Bonchev–Trinajstić information content (AvgIpc) is 2.54. The maximum Gasteiger partial charge on any atom is 0.118 e. The Bertz CT molecular complexity index is 647. The molecule has 0 unspecified atom stereocenters. The highest BCUT2D eigenvalue weighted by Gasteiger charge is 2.11. The molecule has 0 aromatic heterocycles. The predicted octanol–water partition coefficient (Wildman–Crippen LogP) is 3.93. The zero-order valence-corrected chi connectivity index (χ0v) is 13.3. The molecule has 2 aromatic carbocycles. The molecule has 0 heterocycles. The highest BCUT2D eigenvalue weighted by molar-refractivity contribution is 7.98. The van der Waals surface area contributed by atoms with Crippen LogP contribution in [0.25, 0.3) is 0 Å². The first-order valence-electron chi connectivity index (χ1n) is 6.60. The standard InChI is InChI=1S/C17H18N2OS/c1-19(12-13-7-9-14(20-2)10-8-13)16-5-4-6-17(21-3)15(16)11-18/h4-10H,12H2,1-3H3. The molecular formula is C17H18N2OS. The van der Waals surface area contributed by atoms with Crippen LogP contribution in [0.1, 0.15) is 11.1 Å². The molecule has 0 aliphatic rings. The van der Waals surface area contributed by atoms with Crippen molar-refractivity contribution < 1.29 is 4.74 Å². The third-order valence-electron chi connectivity index (χ3n) is 3.33. The highest BCUT2D eigenvalue weighted by Crippen LogP contribution is 2.29. The molecule has 108 valence electrons. The van der Waals surface area contributed by atoms with Gasteiger partial charge in [-0.15, -0.1) is 11.8 Å². The van der Waals surface area contributed by atoms with Crippen molar-refractivity contribution in [2.45, 2.75) is 11.4 Å². The number of anilines is 1. The van der Waals surface area contributed by atoms with E-state index in [-0.39, 0.29) is 0 Å². The quantitative estimate of drug-likeness (QED) is 0.784. The molecule has 0 spiro atoms. The molecule has 0 fully saturated rings. The normalized spacial score (nSPS) is 10.0. The number of hydrogen-bond acceptors (Lipinski definition) is 4. The maximum absolute atomic E-state index is 9.41. The van der Waals surface area contributed by atoms with Gasteiger partial charge in [-0.2, -0.15) is 5.26 Å². The summed E-state index contributed by atoms with van der Waals surface area (Å²) >= 11 is 1.60. The van der Waals surface area contributed by atoms with E-state index in [9.17, 15) is 5.26 Å². The van der Waals surface area contributed by atoms with Gasteiger partial charge in [-0.3, -0.25) is 0 Å². The minimum atomic E-state index is 0.737. The van der Waals surface area contributed by atoms with Gasteiger partial charge in [0.2, 0.25) is 0 Å². The van der Waals surface area contributed by atoms with Crippen LogP contribution in [0.15, 0.2) is 47.4 Å². The van der Waals surface area contributed by atoms with Gasteiger partial charge < -0.3 is 9.64 Å². The molecule has 4 heteroatoms. The Balaban J connectivity index is 2.23. The van der Waals surface area contributed by atoms with Crippen molar-refractivity contribution in [2.75, 3.05) is 25.3 Å². The van der Waals surface area contributed by atoms with Gasteiger partial charge in [0, 0.05) is 18.5 Å². The largest absolute Gasteiger partial charge is 0.497 e. The zero-order chi connectivity index (χ0) is 15.2. The molecule has 2 aromatic rings.